The van der Waals surface area contributed by atoms with Crippen molar-refractivity contribution in [2.75, 3.05) is 0 Å². The topological polar surface area (TPSA) is 46.0 Å². The zero-order chi connectivity index (χ0) is 21.4. The summed E-state index contributed by atoms with van der Waals surface area (Å²) in [6.07, 6.45) is 1.71. The number of rotatable bonds is 3. The molecule has 0 aliphatic heterocycles. The first-order valence-electron chi connectivity index (χ1n) is 10.2. The summed E-state index contributed by atoms with van der Waals surface area (Å²) in [7, 11) is 0. The maximum Gasteiger partial charge on any atom is 0.220 e. The van der Waals surface area contributed by atoms with Gasteiger partial charge in [-0.15, -0.1) is 0 Å². The molecule has 0 fully saturated rings. The molecule has 2 aromatic heterocycles. The molecule has 0 aliphatic rings. The number of nitrogens with zero attached hydrogens (tertiary/aromatic N) is 2. The lowest BCUT2D eigenvalue weighted by Crippen LogP contribution is -1.95. The Balaban J connectivity index is 1.87. The molecule has 31 heavy (non-hydrogen) atoms. The zero-order valence-corrected chi connectivity index (χ0v) is 17.4. The molecule has 3 aromatic carbocycles. The van der Waals surface area contributed by atoms with Gasteiger partial charge in [0, 0.05) is 22.9 Å². The van der Waals surface area contributed by atoms with Crippen molar-refractivity contribution in [3.05, 3.63) is 102 Å². The number of pyridine rings is 2. The van der Waals surface area contributed by atoms with E-state index in [1.165, 1.54) is 11.1 Å². The van der Waals surface area contributed by atoms with Crippen molar-refractivity contribution in [3.8, 4) is 39.4 Å². The summed E-state index contributed by atoms with van der Waals surface area (Å²) in [4.78, 5) is 9.40. The van der Waals surface area contributed by atoms with Crippen LogP contribution in [-0.2, 0) is 0 Å². The molecule has 0 bridgehead atoms. The van der Waals surface area contributed by atoms with Crippen LogP contribution in [0.3, 0.4) is 0 Å². The predicted molar refractivity (Wildman–Crippen MR) is 126 cm³/mol. The van der Waals surface area contributed by atoms with Gasteiger partial charge in [0.1, 0.15) is 0 Å². The van der Waals surface area contributed by atoms with E-state index in [0.717, 1.165) is 39.0 Å². The van der Waals surface area contributed by atoms with Crippen molar-refractivity contribution < 1.29 is 5.11 Å². The Labute approximate surface area is 181 Å². The molecule has 5 rings (SSSR count). The van der Waals surface area contributed by atoms with Gasteiger partial charge in [0.05, 0.1) is 16.6 Å². The first-order chi connectivity index (χ1) is 15.1. The Hall–Kier alpha value is -3.98. The number of aryl methyl sites for hydroxylation is 2. The van der Waals surface area contributed by atoms with E-state index in [1.54, 1.807) is 6.20 Å². The van der Waals surface area contributed by atoms with Crippen molar-refractivity contribution in [1.82, 2.24) is 9.97 Å². The van der Waals surface area contributed by atoms with Crippen LogP contribution in [0.15, 0.2) is 85.1 Å². The number of hydrogen-bond donors (Lipinski definition) is 1. The molecule has 1 N–H and O–H groups in total. The van der Waals surface area contributed by atoms with E-state index in [0.29, 0.717) is 5.39 Å². The van der Waals surface area contributed by atoms with Gasteiger partial charge in [0.25, 0.3) is 0 Å². The van der Waals surface area contributed by atoms with Gasteiger partial charge in [-0.3, -0.25) is 0 Å². The number of hydrogen-bond acceptors (Lipinski definition) is 3. The van der Waals surface area contributed by atoms with Crippen LogP contribution in [0.5, 0.6) is 5.88 Å². The van der Waals surface area contributed by atoms with Crippen molar-refractivity contribution in [2.24, 2.45) is 0 Å². The van der Waals surface area contributed by atoms with E-state index in [4.69, 9.17) is 4.98 Å². The highest BCUT2D eigenvalue weighted by molar-refractivity contribution is 6.01. The molecule has 3 nitrogen and oxygen atoms in total. The van der Waals surface area contributed by atoms with Crippen LogP contribution in [0.2, 0.25) is 0 Å². The van der Waals surface area contributed by atoms with E-state index >= 15 is 0 Å². The van der Waals surface area contributed by atoms with E-state index < -0.39 is 0 Å². The molecule has 0 saturated carbocycles. The van der Waals surface area contributed by atoms with Crippen LogP contribution in [0, 0.1) is 19.9 Å². The quantitative estimate of drug-likeness (QED) is 0.363. The lowest BCUT2D eigenvalue weighted by atomic mass is 9.95. The first kappa shape index (κ1) is 19.0. The number of aromatic hydroxyl groups is 1. The first-order valence-corrected chi connectivity index (χ1v) is 10.2. The normalized spacial score (nSPS) is 11.0. The molecule has 0 unspecified atom stereocenters. The smallest absolute Gasteiger partial charge is 0.220 e. The lowest BCUT2D eigenvalue weighted by molar-refractivity contribution is 0.460. The van der Waals surface area contributed by atoms with Gasteiger partial charge in [-0.1, -0.05) is 83.9 Å². The van der Waals surface area contributed by atoms with Gasteiger partial charge in [0.2, 0.25) is 5.88 Å². The molecule has 0 saturated heterocycles. The van der Waals surface area contributed by atoms with Gasteiger partial charge in [0.15, 0.2) is 0 Å². The third kappa shape index (κ3) is 3.55. The molecule has 0 atom stereocenters. The summed E-state index contributed by atoms with van der Waals surface area (Å²) in [5.41, 5.74) is 8.90. The molecule has 0 aliphatic carbocycles. The van der Waals surface area contributed by atoms with Gasteiger partial charge < -0.3 is 5.11 Å². The second-order valence-electron chi connectivity index (χ2n) is 7.81. The summed E-state index contributed by atoms with van der Waals surface area (Å²) >= 11 is 0. The zero-order valence-electron chi connectivity index (χ0n) is 17.4. The Morgan fingerprint density at radius 3 is 2.16 bits per heavy atom. The van der Waals surface area contributed by atoms with E-state index in [9.17, 15) is 5.11 Å². The fourth-order valence-electron chi connectivity index (χ4n) is 4.09. The maximum atomic E-state index is 10.6. The van der Waals surface area contributed by atoms with Gasteiger partial charge >= 0.3 is 0 Å². The Morgan fingerprint density at radius 1 is 0.742 bits per heavy atom. The molecule has 1 radical (unpaired) electrons. The van der Waals surface area contributed by atoms with E-state index in [-0.39, 0.29) is 5.88 Å². The van der Waals surface area contributed by atoms with Gasteiger partial charge in [-0.25, -0.2) is 9.97 Å². The standard InChI is InChI=1S/C28H21N2O/c1-18-13-19(2)15-22(14-18)25-17-29-28(31)24-16-23(20-9-5-3-6-10-20)26(30-27(24)25)21-11-7-4-8-12-21/h3,5-17H,1-2H3,(H,29,31). The van der Waals surface area contributed by atoms with Crippen LogP contribution in [0.4, 0.5) is 0 Å². The maximum absolute atomic E-state index is 10.6. The predicted octanol–water partition coefficient (Wildman–Crippen LogP) is 6.75. The molecule has 0 amide bonds. The van der Waals surface area contributed by atoms with Crippen molar-refractivity contribution in [3.63, 3.8) is 0 Å². The van der Waals surface area contributed by atoms with E-state index in [2.05, 4.69) is 55.2 Å². The van der Waals surface area contributed by atoms with Crippen molar-refractivity contribution >= 4 is 10.9 Å². The fourth-order valence-corrected chi connectivity index (χ4v) is 4.09. The minimum absolute atomic E-state index is 0.0132. The highest BCUT2D eigenvalue weighted by Crippen LogP contribution is 2.38. The monoisotopic (exact) mass is 401 g/mol. The third-order valence-electron chi connectivity index (χ3n) is 5.44. The van der Waals surface area contributed by atoms with Crippen LogP contribution in [-0.4, -0.2) is 15.1 Å². The summed E-state index contributed by atoms with van der Waals surface area (Å²) < 4.78 is 0. The van der Waals surface area contributed by atoms with Crippen LogP contribution >= 0.6 is 0 Å². The van der Waals surface area contributed by atoms with Crippen LogP contribution < -0.4 is 0 Å². The minimum Gasteiger partial charge on any atom is -0.493 e. The summed E-state index contributed by atoms with van der Waals surface area (Å²) in [5, 5.41) is 11.3. The van der Waals surface area contributed by atoms with Crippen molar-refractivity contribution in [2.45, 2.75) is 13.8 Å². The number of benzene rings is 3. The fraction of sp³-hybridized carbons (Fsp3) is 0.0714. The molecular formula is C28H21N2O. The minimum atomic E-state index is -0.0132. The SMILES string of the molecule is Cc1cc(C)cc(-c2cnc(O)c3cc(-c4ccccc4)c(-c4cc[c]cc4)nc23)c1. The largest absolute Gasteiger partial charge is 0.493 e. The second-order valence-corrected chi connectivity index (χ2v) is 7.81. The highest BCUT2D eigenvalue weighted by atomic mass is 16.3. The Bertz CT molecular complexity index is 1370. The lowest BCUT2D eigenvalue weighted by Gasteiger charge is -2.15. The number of fused-ring (bicyclic) bond motifs is 1. The molecule has 3 heteroatoms. The number of aromatic nitrogens is 2. The highest BCUT2D eigenvalue weighted by Gasteiger charge is 2.17. The molecule has 149 valence electrons. The van der Waals surface area contributed by atoms with E-state index in [1.807, 2.05) is 48.5 Å². The summed E-state index contributed by atoms with van der Waals surface area (Å²) in [5.74, 6) is -0.0132. The molecule has 0 spiro atoms. The second kappa shape index (κ2) is 7.69. The molecule has 2 heterocycles. The van der Waals surface area contributed by atoms with Crippen molar-refractivity contribution in [1.29, 1.82) is 0 Å². The van der Waals surface area contributed by atoms with Crippen LogP contribution in [0.25, 0.3) is 44.4 Å². The Kier molecular flexibility index (Phi) is 4.72. The molecular weight excluding hydrogens is 380 g/mol. The van der Waals surface area contributed by atoms with Crippen LogP contribution in [0.1, 0.15) is 11.1 Å². The van der Waals surface area contributed by atoms with Gasteiger partial charge in [-0.05, 0) is 37.1 Å². The average molecular weight is 401 g/mol. The summed E-state index contributed by atoms with van der Waals surface area (Å²) in [6, 6.07) is 29.4. The third-order valence-corrected chi connectivity index (χ3v) is 5.44. The summed E-state index contributed by atoms with van der Waals surface area (Å²) in [6.45, 7) is 4.17. The molecule has 5 aromatic rings. The van der Waals surface area contributed by atoms with Gasteiger partial charge in [-0.2, -0.15) is 0 Å². The Morgan fingerprint density at radius 2 is 1.45 bits per heavy atom. The average Bonchev–Trinajstić information content (AvgIpc) is 2.79.